The molecule has 2 aromatic carbocycles. The van der Waals surface area contributed by atoms with Gasteiger partial charge >= 0.3 is 5.97 Å². The molecule has 0 aliphatic carbocycles. The molecular weight excluding hydrogens is 424 g/mol. The lowest BCUT2D eigenvalue weighted by atomic mass is 9.70. The molecule has 2 atom stereocenters. The van der Waals surface area contributed by atoms with Gasteiger partial charge in [-0.2, -0.15) is 0 Å². The largest absolute Gasteiger partial charge is 0.425 e. The summed E-state index contributed by atoms with van der Waals surface area (Å²) in [5, 5.41) is 5.34. The van der Waals surface area contributed by atoms with Crippen molar-refractivity contribution in [1.29, 1.82) is 0 Å². The van der Waals surface area contributed by atoms with Gasteiger partial charge < -0.3 is 14.8 Å². The molecule has 32 heavy (non-hydrogen) atoms. The predicted molar refractivity (Wildman–Crippen MR) is 124 cm³/mol. The molecule has 1 N–H and O–H groups in total. The number of thiazole rings is 1. The van der Waals surface area contributed by atoms with Crippen molar-refractivity contribution in [3.05, 3.63) is 77.3 Å². The average molecular weight is 451 g/mol. The van der Waals surface area contributed by atoms with Crippen LogP contribution in [-0.2, 0) is 14.3 Å². The van der Waals surface area contributed by atoms with Crippen LogP contribution in [0.15, 0.2) is 66.2 Å². The summed E-state index contributed by atoms with van der Waals surface area (Å²) < 4.78 is 10.9. The zero-order valence-electron chi connectivity index (χ0n) is 18.1. The van der Waals surface area contributed by atoms with Gasteiger partial charge in [0, 0.05) is 24.1 Å². The van der Waals surface area contributed by atoms with Crippen molar-refractivity contribution >= 4 is 28.3 Å². The summed E-state index contributed by atoms with van der Waals surface area (Å²) >= 11 is 1.39. The smallest absolute Gasteiger partial charge is 0.340 e. The summed E-state index contributed by atoms with van der Waals surface area (Å²) in [4.78, 5) is 29.7. The van der Waals surface area contributed by atoms with E-state index in [1.54, 1.807) is 18.3 Å². The first kappa shape index (κ1) is 22.2. The third-order valence-electron chi connectivity index (χ3n) is 5.72. The van der Waals surface area contributed by atoms with Crippen molar-refractivity contribution in [1.82, 2.24) is 4.98 Å². The second kappa shape index (κ2) is 9.63. The van der Waals surface area contributed by atoms with E-state index in [1.165, 1.54) is 11.3 Å². The highest BCUT2D eigenvalue weighted by Crippen LogP contribution is 2.42. The molecule has 1 fully saturated rings. The van der Waals surface area contributed by atoms with Gasteiger partial charge in [-0.15, -0.1) is 11.3 Å². The van der Waals surface area contributed by atoms with E-state index in [0.29, 0.717) is 23.9 Å². The highest BCUT2D eigenvalue weighted by molar-refractivity contribution is 7.13. The summed E-state index contributed by atoms with van der Waals surface area (Å²) in [7, 11) is 0. The van der Waals surface area contributed by atoms with E-state index in [4.69, 9.17) is 9.47 Å². The van der Waals surface area contributed by atoms with Gasteiger partial charge in [-0.05, 0) is 36.1 Å². The summed E-state index contributed by atoms with van der Waals surface area (Å²) in [5.74, 6) is -0.231. The Hall–Kier alpha value is -3.03. The number of amides is 1. The monoisotopic (exact) mass is 450 g/mol. The molecule has 0 spiro atoms. The summed E-state index contributed by atoms with van der Waals surface area (Å²) in [5.41, 5.74) is 1.20. The number of carbonyl (C=O) groups excluding carboxylic acids is 2. The lowest BCUT2D eigenvalue weighted by molar-refractivity contribution is -0.144. The van der Waals surface area contributed by atoms with Gasteiger partial charge in [0.2, 0.25) is 5.91 Å². The predicted octanol–water partition coefficient (Wildman–Crippen LogP) is 5.02. The lowest BCUT2D eigenvalue weighted by Crippen LogP contribution is -2.37. The zero-order chi connectivity index (χ0) is 22.6. The fourth-order valence-electron chi connectivity index (χ4n) is 4.02. The number of benzene rings is 2. The molecule has 0 radical (unpaired) electrons. The number of carbonyl (C=O) groups is 2. The van der Waals surface area contributed by atoms with E-state index in [9.17, 15) is 9.59 Å². The molecule has 4 rings (SSSR count). The first-order valence-electron chi connectivity index (χ1n) is 10.6. The normalized spacial score (nSPS) is 17.0. The van der Waals surface area contributed by atoms with Crippen LogP contribution in [0.4, 0.5) is 5.13 Å². The molecule has 7 heteroatoms. The molecule has 1 aliphatic rings. The maximum absolute atomic E-state index is 13.3. The summed E-state index contributed by atoms with van der Waals surface area (Å²) in [6.45, 7) is 4.45. The molecule has 1 aliphatic heterocycles. The Kier molecular flexibility index (Phi) is 6.67. The van der Waals surface area contributed by atoms with E-state index < -0.39 is 11.5 Å². The Labute approximate surface area is 191 Å². The first-order valence-corrected chi connectivity index (χ1v) is 11.5. The number of hydrogen-bond donors (Lipinski definition) is 1. The van der Waals surface area contributed by atoms with Gasteiger partial charge in [-0.25, -0.2) is 9.78 Å². The van der Waals surface area contributed by atoms with Crippen LogP contribution in [0.5, 0.6) is 5.75 Å². The summed E-state index contributed by atoms with van der Waals surface area (Å²) in [6.07, 6.45) is 2.74. The molecule has 3 aromatic rings. The molecule has 1 unspecified atom stereocenters. The molecule has 2 heterocycles. The third-order valence-corrected chi connectivity index (χ3v) is 6.41. The van der Waals surface area contributed by atoms with Crippen LogP contribution in [-0.4, -0.2) is 29.6 Å². The van der Waals surface area contributed by atoms with Crippen LogP contribution >= 0.6 is 11.3 Å². The topological polar surface area (TPSA) is 77.5 Å². The Bertz CT molecular complexity index is 1040. The highest BCUT2D eigenvalue weighted by Gasteiger charge is 2.39. The van der Waals surface area contributed by atoms with Crippen LogP contribution in [0.25, 0.3) is 0 Å². The number of aromatic nitrogens is 1. The maximum atomic E-state index is 13.3. The van der Waals surface area contributed by atoms with Crippen molar-refractivity contribution in [2.24, 2.45) is 5.41 Å². The van der Waals surface area contributed by atoms with E-state index in [1.807, 2.05) is 61.7 Å². The standard InChI is InChI=1S/C25H26N2O4S/c1-25(2,23(29)27-24-26-14-16-32-24)21(17-7-4-3-5-8-17)18-10-12-19(13-11-18)31-22(28)20-9-6-15-30-20/h3-5,7-8,10-14,16,20-21H,6,9,15H2,1-2H3,(H,26,27,29)/t20?,21-/m1/s1. The van der Waals surface area contributed by atoms with Crippen LogP contribution in [0.2, 0.25) is 0 Å². The zero-order valence-corrected chi connectivity index (χ0v) is 18.9. The van der Waals surface area contributed by atoms with Crippen LogP contribution in [0.1, 0.15) is 43.7 Å². The van der Waals surface area contributed by atoms with Crippen molar-refractivity contribution in [2.75, 3.05) is 11.9 Å². The number of nitrogens with one attached hydrogen (secondary N) is 1. The van der Waals surface area contributed by atoms with Gasteiger partial charge in [-0.1, -0.05) is 56.3 Å². The average Bonchev–Trinajstić information content (AvgIpc) is 3.50. The second-order valence-electron chi connectivity index (χ2n) is 8.35. The van der Waals surface area contributed by atoms with Gasteiger partial charge in [0.05, 0.1) is 5.41 Å². The van der Waals surface area contributed by atoms with Crippen molar-refractivity contribution in [3.63, 3.8) is 0 Å². The molecule has 1 aromatic heterocycles. The quantitative estimate of drug-likeness (QED) is 0.404. The number of rotatable bonds is 7. The van der Waals surface area contributed by atoms with Crippen LogP contribution < -0.4 is 10.1 Å². The van der Waals surface area contributed by atoms with Gasteiger partial charge in [0.15, 0.2) is 11.2 Å². The maximum Gasteiger partial charge on any atom is 0.340 e. The molecule has 1 amide bonds. The number of nitrogens with zero attached hydrogens (tertiary/aromatic N) is 1. The Balaban J connectivity index is 1.59. The SMILES string of the molecule is CC(C)(C(=O)Nc1nccs1)[C@H](c1ccccc1)c1ccc(OC(=O)C2CCCO2)cc1. The fraction of sp³-hybridized carbons (Fsp3) is 0.320. The second-order valence-corrected chi connectivity index (χ2v) is 9.24. The van der Waals surface area contributed by atoms with Gasteiger partial charge in [-0.3, -0.25) is 4.79 Å². The van der Waals surface area contributed by atoms with Gasteiger partial charge in [0.1, 0.15) is 5.75 Å². The number of anilines is 1. The minimum atomic E-state index is -0.775. The fourth-order valence-corrected chi connectivity index (χ4v) is 4.54. The minimum Gasteiger partial charge on any atom is -0.425 e. The van der Waals surface area contributed by atoms with Crippen LogP contribution in [0, 0.1) is 5.41 Å². The van der Waals surface area contributed by atoms with Crippen LogP contribution in [0.3, 0.4) is 0 Å². The van der Waals surface area contributed by atoms with E-state index >= 15 is 0 Å². The molecule has 166 valence electrons. The number of esters is 1. The van der Waals surface area contributed by atoms with E-state index in [2.05, 4.69) is 10.3 Å². The first-order chi connectivity index (χ1) is 15.4. The highest BCUT2D eigenvalue weighted by atomic mass is 32.1. The number of hydrogen-bond acceptors (Lipinski definition) is 6. The van der Waals surface area contributed by atoms with E-state index in [-0.39, 0.29) is 17.8 Å². The summed E-state index contributed by atoms with van der Waals surface area (Å²) in [6, 6.07) is 17.3. The molecule has 6 nitrogen and oxygen atoms in total. The van der Waals surface area contributed by atoms with Crippen molar-refractivity contribution in [3.8, 4) is 5.75 Å². The number of ether oxygens (including phenoxy) is 2. The lowest BCUT2D eigenvalue weighted by Gasteiger charge is -2.33. The van der Waals surface area contributed by atoms with Crippen molar-refractivity contribution < 1.29 is 19.1 Å². The molecule has 1 saturated heterocycles. The molecular formula is C25H26N2O4S. The molecule has 0 saturated carbocycles. The third kappa shape index (κ3) is 4.89. The Morgan fingerprint density at radius 2 is 1.84 bits per heavy atom. The molecule has 0 bridgehead atoms. The Morgan fingerprint density at radius 1 is 1.12 bits per heavy atom. The van der Waals surface area contributed by atoms with Crippen molar-refractivity contribution in [2.45, 2.75) is 38.7 Å². The minimum absolute atomic E-state index is 0.116. The Morgan fingerprint density at radius 3 is 2.47 bits per heavy atom. The van der Waals surface area contributed by atoms with Gasteiger partial charge in [0.25, 0.3) is 0 Å². The van der Waals surface area contributed by atoms with E-state index in [0.717, 1.165) is 17.5 Å².